The van der Waals surface area contributed by atoms with Crippen LogP contribution in [0, 0.1) is 11.8 Å². The summed E-state index contributed by atoms with van der Waals surface area (Å²) >= 11 is 0. The fraction of sp³-hybridized carbons (Fsp3) is 0.586. The molecule has 0 amide bonds. The Morgan fingerprint density at radius 3 is 1.77 bits per heavy atom. The van der Waals surface area contributed by atoms with Gasteiger partial charge < -0.3 is 5.32 Å². The van der Waals surface area contributed by atoms with Gasteiger partial charge >= 0.3 is 0 Å². The molecule has 0 aliphatic carbocycles. The molecule has 0 aliphatic heterocycles. The van der Waals surface area contributed by atoms with E-state index >= 15 is 0 Å². The van der Waals surface area contributed by atoms with Crippen LogP contribution in [0.15, 0.2) is 60.7 Å². The first-order chi connectivity index (χ1) is 14.7. The molecule has 2 aromatic carbocycles. The summed E-state index contributed by atoms with van der Waals surface area (Å²) in [6, 6.07) is 20.8. The molecule has 1 heteroatoms. The van der Waals surface area contributed by atoms with Crippen molar-refractivity contribution in [3.05, 3.63) is 60.7 Å². The second-order valence-corrected chi connectivity index (χ2v) is 8.74. The highest BCUT2D eigenvalue weighted by molar-refractivity contribution is 5.62. The molecule has 0 saturated carbocycles. The van der Waals surface area contributed by atoms with Crippen LogP contribution in [-0.2, 0) is 0 Å². The maximum Gasteiger partial charge on any atom is -0.00232 e. The first-order valence-electron chi connectivity index (χ1n) is 12.5. The lowest BCUT2D eigenvalue weighted by Gasteiger charge is -2.17. The van der Waals surface area contributed by atoms with E-state index in [0.717, 1.165) is 11.8 Å². The molecular formula is C29H47N. The van der Waals surface area contributed by atoms with Gasteiger partial charge in [-0.05, 0) is 48.9 Å². The second-order valence-electron chi connectivity index (χ2n) is 8.74. The van der Waals surface area contributed by atoms with E-state index in [2.05, 4.69) is 81.5 Å². The molecule has 30 heavy (non-hydrogen) atoms. The maximum atomic E-state index is 3.62. The number of hydrogen-bond donors (Lipinski definition) is 1. The fourth-order valence-electron chi connectivity index (χ4n) is 3.87. The lowest BCUT2D eigenvalue weighted by Crippen LogP contribution is -2.22. The van der Waals surface area contributed by atoms with Gasteiger partial charge in [0, 0.05) is 0 Å². The van der Waals surface area contributed by atoms with Crippen LogP contribution in [0.5, 0.6) is 0 Å². The monoisotopic (exact) mass is 409 g/mol. The van der Waals surface area contributed by atoms with Crippen molar-refractivity contribution in [2.24, 2.45) is 11.8 Å². The average molecular weight is 410 g/mol. The van der Waals surface area contributed by atoms with Gasteiger partial charge in [-0.2, -0.15) is 0 Å². The van der Waals surface area contributed by atoms with Crippen molar-refractivity contribution in [3.63, 3.8) is 0 Å². The van der Waals surface area contributed by atoms with Crippen LogP contribution in [0.4, 0.5) is 0 Å². The Hall–Kier alpha value is -1.60. The van der Waals surface area contributed by atoms with E-state index in [9.17, 15) is 0 Å². The summed E-state index contributed by atoms with van der Waals surface area (Å²) in [5, 5.41) is 3.62. The normalized spacial score (nSPS) is 12.7. The summed E-state index contributed by atoms with van der Waals surface area (Å²) < 4.78 is 0. The Morgan fingerprint density at radius 2 is 1.27 bits per heavy atom. The zero-order valence-electron chi connectivity index (χ0n) is 20.2. The van der Waals surface area contributed by atoms with E-state index in [-0.39, 0.29) is 0 Å². The molecule has 1 N–H and O–H groups in total. The van der Waals surface area contributed by atoms with Gasteiger partial charge in [0.05, 0.1) is 0 Å². The van der Waals surface area contributed by atoms with Crippen LogP contribution in [0.3, 0.4) is 0 Å². The van der Waals surface area contributed by atoms with Crippen molar-refractivity contribution in [2.45, 2.75) is 85.5 Å². The Kier molecular flexibility index (Phi) is 16.0. The molecule has 0 bridgehead atoms. The van der Waals surface area contributed by atoms with Gasteiger partial charge in [0.15, 0.2) is 0 Å². The SMILES string of the molecule is CCCCCCNCC(C)CCC(CC)CCC.c1ccc(-c2ccccc2)cc1. The predicted octanol–water partition coefficient (Wildman–Crippen LogP) is 8.75. The molecule has 0 aliphatic rings. The molecule has 1 nitrogen and oxygen atoms in total. The number of rotatable bonds is 14. The van der Waals surface area contributed by atoms with Gasteiger partial charge in [-0.1, -0.05) is 133 Å². The zero-order chi connectivity index (χ0) is 21.9. The zero-order valence-corrected chi connectivity index (χ0v) is 20.2. The molecule has 2 aromatic rings. The van der Waals surface area contributed by atoms with Crippen molar-refractivity contribution in [3.8, 4) is 11.1 Å². The highest BCUT2D eigenvalue weighted by Gasteiger charge is 2.08. The smallest absolute Gasteiger partial charge is 0.00232 e. The first kappa shape index (κ1) is 26.4. The molecule has 0 radical (unpaired) electrons. The standard InChI is InChI=1S/C17H37N.C12H10/c1-5-8-9-10-14-18-15-16(4)12-13-17(7-3)11-6-2;1-3-7-11(8-4-1)12-9-5-2-6-10-12/h16-18H,5-15H2,1-4H3;1-10H. The molecule has 2 rings (SSSR count). The Morgan fingerprint density at radius 1 is 0.667 bits per heavy atom. The molecule has 0 heterocycles. The van der Waals surface area contributed by atoms with Crippen LogP contribution in [0.1, 0.15) is 85.5 Å². The quantitative estimate of drug-likeness (QED) is 0.307. The number of benzene rings is 2. The van der Waals surface area contributed by atoms with E-state index in [1.807, 2.05) is 12.1 Å². The van der Waals surface area contributed by atoms with Gasteiger partial charge in [-0.25, -0.2) is 0 Å². The van der Waals surface area contributed by atoms with Crippen molar-refractivity contribution in [1.29, 1.82) is 0 Å². The molecule has 0 aromatic heterocycles. The predicted molar refractivity (Wildman–Crippen MR) is 136 cm³/mol. The number of nitrogens with one attached hydrogen (secondary N) is 1. The summed E-state index contributed by atoms with van der Waals surface area (Å²) in [5.74, 6) is 1.82. The van der Waals surface area contributed by atoms with Gasteiger partial charge in [0.2, 0.25) is 0 Å². The Balaban J connectivity index is 0.000000321. The van der Waals surface area contributed by atoms with Crippen molar-refractivity contribution in [1.82, 2.24) is 5.32 Å². The summed E-state index contributed by atoms with van der Waals surface area (Å²) in [5.41, 5.74) is 2.55. The average Bonchev–Trinajstić information content (AvgIpc) is 2.80. The van der Waals surface area contributed by atoms with Crippen molar-refractivity contribution in [2.75, 3.05) is 13.1 Å². The van der Waals surface area contributed by atoms with Gasteiger partial charge in [-0.3, -0.25) is 0 Å². The van der Waals surface area contributed by atoms with Crippen LogP contribution in [0.2, 0.25) is 0 Å². The van der Waals surface area contributed by atoms with E-state index < -0.39 is 0 Å². The molecule has 168 valence electrons. The van der Waals surface area contributed by atoms with Crippen molar-refractivity contribution < 1.29 is 0 Å². The number of unbranched alkanes of at least 4 members (excludes halogenated alkanes) is 3. The molecule has 0 spiro atoms. The van der Waals surface area contributed by atoms with Gasteiger partial charge in [0.25, 0.3) is 0 Å². The Bertz CT molecular complexity index is 555. The summed E-state index contributed by atoms with van der Waals surface area (Å²) in [6.07, 6.45) is 12.5. The third-order valence-corrected chi connectivity index (χ3v) is 5.92. The third kappa shape index (κ3) is 12.9. The Labute approximate surface area is 187 Å². The molecule has 2 unspecified atom stereocenters. The lowest BCUT2D eigenvalue weighted by molar-refractivity contribution is 0.367. The van der Waals surface area contributed by atoms with Gasteiger partial charge in [0.1, 0.15) is 0 Å². The highest BCUT2D eigenvalue weighted by atomic mass is 14.8. The minimum Gasteiger partial charge on any atom is -0.316 e. The fourth-order valence-corrected chi connectivity index (χ4v) is 3.87. The van der Waals surface area contributed by atoms with E-state index in [1.54, 1.807) is 0 Å². The van der Waals surface area contributed by atoms with E-state index in [0.29, 0.717) is 0 Å². The second kappa shape index (κ2) is 18.2. The largest absolute Gasteiger partial charge is 0.316 e. The minimum atomic E-state index is 0.849. The first-order valence-corrected chi connectivity index (χ1v) is 12.5. The maximum absolute atomic E-state index is 3.62. The lowest BCUT2D eigenvalue weighted by atomic mass is 9.91. The highest BCUT2D eigenvalue weighted by Crippen LogP contribution is 2.20. The molecule has 0 fully saturated rings. The van der Waals surface area contributed by atoms with Crippen LogP contribution in [-0.4, -0.2) is 13.1 Å². The summed E-state index contributed by atoms with van der Waals surface area (Å²) in [7, 11) is 0. The molecular weight excluding hydrogens is 362 g/mol. The van der Waals surface area contributed by atoms with Crippen LogP contribution >= 0.6 is 0 Å². The van der Waals surface area contributed by atoms with Crippen LogP contribution in [0.25, 0.3) is 11.1 Å². The summed E-state index contributed by atoms with van der Waals surface area (Å²) in [4.78, 5) is 0. The van der Waals surface area contributed by atoms with E-state index in [4.69, 9.17) is 0 Å². The van der Waals surface area contributed by atoms with Crippen LogP contribution < -0.4 is 5.32 Å². The summed E-state index contributed by atoms with van der Waals surface area (Å²) in [6.45, 7) is 11.8. The van der Waals surface area contributed by atoms with E-state index in [1.165, 1.54) is 82.0 Å². The van der Waals surface area contributed by atoms with Crippen molar-refractivity contribution >= 4 is 0 Å². The van der Waals surface area contributed by atoms with Gasteiger partial charge in [-0.15, -0.1) is 0 Å². The minimum absolute atomic E-state index is 0.849. The topological polar surface area (TPSA) is 12.0 Å². The third-order valence-electron chi connectivity index (χ3n) is 5.92. The number of hydrogen-bond acceptors (Lipinski definition) is 1. The molecule has 0 saturated heterocycles. The molecule has 2 atom stereocenters.